The van der Waals surface area contributed by atoms with Gasteiger partial charge in [0.25, 0.3) is 0 Å². The largest absolute Gasteiger partial charge is 0.475 e. The zero-order valence-corrected chi connectivity index (χ0v) is 15.4. The van der Waals surface area contributed by atoms with Gasteiger partial charge in [-0.25, -0.2) is 15.0 Å². The first-order valence-corrected chi connectivity index (χ1v) is 9.29. The molecule has 0 fully saturated rings. The smallest absolute Gasteiger partial charge is 0.216 e. The molecule has 0 bridgehead atoms. The van der Waals surface area contributed by atoms with Crippen LogP contribution in [0.15, 0.2) is 41.7 Å². The summed E-state index contributed by atoms with van der Waals surface area (Å²) in [6.07, 6.45) is 8.65. The molecule has 132 valence electrons. The van der Waals surface area contributed by atoms with Crippen LogP contribution in [0, 0.1) is 5.92 Å². The number of aromatic nitrogens is 2. The number of aliphatic imine (C=N–C) groups is 1. The molecule has 1 aliphatic heterocycles. The minimum Gasteiger partial charge on any atom is -0.475 e. The van der Waals surface area contributed by atoms with Gasteiger partial charge in [-0.15, -0.1) is 0 Å². The molecule has 0 aliphatic carbocycles. The normalized spacial score (nSPS) is 16.8. The Morgan fingerprint density at radius 1 is 1.04 bits per heavy atom. The van der Waals surface area contributed by atoms with E-state index < -0.39 is 0 Å². The quantitative estimate of drug-likeness (QED) is 0.689. The van der Waals surface area contributed by atoms with E-state index >= 15 is 0 Å². The van der Waals surface area contributed by atoms with Gasteiger partial charge in [0.15, 0.2) is 5.82 Å². The van der Waals surface area contributed by atoms with Crippen molar-refractivity contribution in [2.45, 2.75) is 52.5 Å². The Morgan fingerprint density at radius 2 is 1.72 bits per heavy atom. The van der Waals surface area contributed by atoms with Crippen LogP contribution in [-0.4, -0.2) is 28.5 Å². The summed E-state index contributed by atoms with van der Waals surface area (Å²) >= 11 is 0. The van der Waals surface area contributed by atoms with Gasteiger partial charge in [0, 0.05) is 23.5 Å². The average Bonchev–Trinajstić information content (AvgIpc) is 3.13. The van der Waals surface area contributed by atoms with Crippen LogP contribution in [0.5, 0.6) is 0 Å². The topological polar surface area (TPSA) is 47.4 Å². The molecule has 2 heterocycles. The number of aryl methyl sites for hydroxylation is 1. The second-order valence-corrected chi connectivity index (χ2v) is 7.01. The number of rotatable bonds is 7. The lowest BCUT2D eigenvalue weighted by molar-refractivity contribution is 0.292. The molecule has 2 aromatic rings. The van der Waals surface area contributed by atoms with Crippen molar-refractivity contribution in [3.8, 4) is 11.4 Å². The molecule has 1 atom stereocenters. The first kappa shape index (κ1) is 17.6. The van der Waals surface area contributed by atoms with E-state index in [9.17, 15) is 0 Å². The van der Waals surface area contributed by atoms with Gasteiger partial charge in [-0.1, -0.05) is 45.7 Å². The molecule has 25 heavy (non-hydrogen) atoms. The lowest BCUT2D eigenvalue weighted by Gasteiger charge is -2.06. The van der Waals surface area contributed by atoms with Crippen LogP contribution >= 0.6 is 0 Å². The standard InChI is InChI=1S/C21H27N3O/c1-4-5-6-7-16-12-22-20(23-13-16)17-8-10-18(11-9-17)21-24-19(14-25-21)15(2)3/h8-13,15,19H,4-7,14H2,1-3H3/t19-/m1/s1. The van der Waals surface area contributed by atoms with Crippen LogP contribution in [-0.2, 0) is 11.2 Å². The van der Waals surface area contributed by atoms with Gasteiger partial charge in [-0.05, 0) is 36.5 Å². The van der Waals surface area contributed by atoms with Crippen LogP contribution in [0.3, 0.4) is 0 Å². The fraction of sp³-hybridized carbons (Fsp3) is 0.476. The predicted octanol–water partition coefficient (Wildman–Crippen LogP) is 4.68. The molecule has 0 spiro atoms. The first-order chi connectivity index (χ1) is 12.2. The van der Waals surface area contributed by atoms with Crippen molar-refractivity contribution < 1.29 is 4.74 Å². The molecule has 3 rings (SSSR count). The number of hydrogen-bond donors (Lipinski definition) is 0. The second-order valence-electron chi connectivity index (χ2n) is 7.01. The summed E-state index contributed by atoms with van der Waals surface area (Å²) < 4.78 is 5.74. The molecule has 0 amide bonds. The van der Waals surface area contributed by atoms with Crippen molar-refractivity contribution in [1.29, 1.82) is 0 Å². The third-order valence-corrected chi connectivity index (χ3v) is 4.61. The highest BCUT2D eigenvalue weighted by atomic mass is 16.5. The molecule has 1 aromatic heterocycles. The predicted molar refractivity (Wildman–Crippen MR) is 102 cm³/mol. The van der Waals surface area contributed by atoms with E-state index in [-0.39, 0.29) is 6.04 Å². The molecule has 0 saturated heterocycles. The zero-order chi connectivity index (χ0) is 17.6. The maximum absolute atomic E-state index is 5.74. The lowest BCUT2D eigenvalue weighted by Crippen LogP contribution is -2.13. The average molecular weight is 337 g/mol. The number of nitrogens with zero attached hydrogens (tertiary/aromatic N) is 3. The Balaban J connectivity index is 1.67. The van der Waals surface area contributed by atoms with E-state index in [0.29, 0.717) is 12.5 Å². The van der Waals surface area contributed by atoms with Gasteiger partial charge in [0.05, 0.1) is 6.04 Å². The summed E-state index contributed by atoms with van der Waals surface area (Å²) in [7, 11) is 0. The molecule has 0 unspecified atom stereocenters. The molecule has 0 radical (unpaired) electrons. The van der Waals surface area contributed by atoms with E-state index in [1.807, 2.05) is 36.7 Å². The molecule has 4 heteroatoms. The maximum Gasteiger partial charge on any atom is 0.216 e. The second kappa shape index (κ2) is 8.24. The highest BCUT2D eigenvalue weighted by molar-refractivity contribution is 5.95. The van der Waals surface area contributed by atoms with E-state index in [0.717, 1.165) is 29.3 Å². The number of unbranched alkanes of at least 4 members (excludes halogenated alkanes) is 2. The van der Waals surface area contributed by atoms with Crippen molar-refractivity contribution in [3.05, 3.63) is 47.8 Å². The van der Waals surface area contributed by atoms with E-state index in [1.54, 1.807) is 0 Å². The Kier molecular flexibility index (Phi) is 5.79. The monoisotopic (exact) mass is 337 g/mol. The minimum atomic E-state index is 0.262. The first-order valence-electron chi connectivity index (χ1n) is 9.29. The van der Waals surface area contributed by atoms with Gasteiger partial charge >= 0.3 is 0 Å². The molecule has 0 N–H and O–H groups in total. The van der Waals surface area contributed by atoms with Crippen molar-refractivity contribution in [2.24, 2.45) is 10.9 Å². The Labute approximate surface area is 150 Å². The van der Waals surface area contributed by atoms with Crippen LogP contribution < -0.4 is 0 Å². The Bertz CT molecular complexity index is 705. The molecule has 4 nitrogen and oxygen atoms in total. The fourth-order valence-corrected chi connectivity index (χ4v) is 2.86. The number of benzene rings is 1. The van der Waals surface area contributed by atoms with E-state index in [2.05, 4.69) is 35.7 Å². The Hall–Kier alpha value is -2.23. The van der Waals surface area contributed by atoms with Crippen LogP contribution in [0.2, 0.25) is 0 Å². The zero-order valence-electron chi connectivity index (χ0n) is 15.4. The van der Waals surface area contributed by atoms with Gasteiger partial charge in [-0.3, -0.25) is 0 Å². The third kappa shape index (κ3) is 4.44. The molecule has 1 aliphatic rings. The summed E-state index contributed by atoms with van der Waals surface area (Å²) in [4.78, 5) is 13.7. The van der Waals surface area contributed by atoms with Gasteiger partial charge in [-0.2, -0.15) is 0 Å². The summed E-state index contributed by atoms with van der Waals surface area (Å²) in [5, 5.41) is 0. The van der Waals surface area contributed by atoms with Crippen LogP contribution in [0.25, 0.3) is 11.4 Å². The van der Waals surface area contributed by atoms with E-state index in [1.165, 1.54) is 24.8 Å². The summed E-state index contributed by atoms with van der Waals surface area (Å²) in [5.41, 5.74) is 3.24. The molecular formula is C21H27N3O. The SMILES string of the molecule is CCCCCc1cnc(-c2ccc(C3=N[C@@H](C(C)C)CO3)cc2)nc1. The lowest BCUT2D eigenvalue weighted by atomic mass is 10.1. The Morgan fingerprint density at radius 3 is 2.32 bits per heavy atom. The number of hydrogen-bond acceptors (Lipinski definition) is 4. The number of ether oxygens (including phenoxy) is 1. The molecule has 1 aromatic carbocycles. The fourth-order valence-electron chi connectivity index (χ4n) is 2.86. The summed E-state index contributed by atoms with van der Waals surface area (Å²) in [6.45, 7) is 7.24. The van der Waals surface area contributed by atoms with Gasteiger partial charge < -0.3 is 4.74 Å². The van der Waals surface area contributed by atoms with Gasteiger partial charge in [0.2, 0.25) is 5.90 Å². The minimum absolute atomic E-state index is 0.262. The van der Waals surface area contributed by atoms with Crippen LogP contribution in [0.4, 0.5) is 0 Å². The highest BCUT2D eigenvalue weighted by Crippen LogP contribution is 2.20. The van der Waals surface area contributed by atoms with Crippen LogP contribution in [0.1, 0.15) is 51.2 Å². The van der Waals surface area contributed by atoms with Crippen molar-refractivity contribution in [1.82, 2.24) is 9.97 Å². The highest BCUT2D eigenvalue weighted by Gasteiger charge is 2.22. The summed E-state index contributed by atoms with van der Waals surface area (Å²) in [5.74, 6) is 2.01. The van der Waals surface area contributed by atoms with Gasteiger partial charge in [0.1, 0.15) is 6.61 Å². The third-order valence-electron chi connectivity index (χ3n) is 4.61. The van der Waals surface area contributed by atoms with E-state index in [4.69, 9.17) is 4.74 Å². The maximum atomic E-state index is 5.74. The van der Waals surface area contributed by atoms with Crippen molar-refractivity contribution in [2.75, 3.05) is 6.61 Å². The summed E-state index contributed by atoms with van der Waals surface area (Å²) in [6, 6.07) is 8.41. The van der Waals surface area contributed by atoms with Crippen molar-refractivity contribution >= 4 is 5.90 Å². The molecular weight excluding hydrogens is 310 g/mol. The van der Waals surface area contributed by atoms with Crippen molar-refractivity contribution in [3.63, 3.8) is 0 Å². The molecule has 0 saturated carbocycles.